The number of carbonyl (C=O) groups is 1. The summed E-state index contributed by atoms with van der Waals surface area (Å²) in [5.41, 5.74) is 10.2. The summed E-state index contributed by atoms with van der Waals surface area (Å²) in [6, 6.07) is 0. The highest BCUT2D eigenvalue weighted by molar-refractivity contribution is 5.88. The van der Waals surface area contributed by atoms with Gasteiger partial charge in [-0.3, -0.25) is 4.79 Å². The van der Waals surface area contributed by atoms with Gasteiger partial charge in [0.1, 0.15) is 0 Å². The van der Waals surface area contributed by atoms with E-state index in [9.17, 15) is 4.79 Å². The molecule has 72 valence electrons. The fourth-order valence-electron chi connectivity index (χ4n) is 0.877. The number of aryl methyl sites for hydroxylation is 1. The number of nitrogens with two attached hydrogens (primary N) is 2. The van der Waals surface area contributed by atoms with Gasteiger partial charge in [-0.25, -0.2) is 0 Å². The van der Waals surface area contributed by atoms with Crippen molar-refractivity contribution in [1.29, 1.82) is 0 Å². The molecule has 1 amide bonds. The summed E-state index contributed by atoms with van der Waals surface area (Å²) < 4.78 is 4.77. The lowest BCUT2D eigenvalue weighted by Crippen LogP contribution is -2.12. The van der Waals surface area contributed by atoms with E-state index in [4.69, 9.17) is 16.0 Å². The number of carbonyl (C=O) groups excluding carboxylic acids is 1. The second kappa shape index (κ2) is 4.56. The van der Waals surface area contributed by atoms with Gasteiger partial charge in [0.15, 0.2) is 0 Å². The quantitative estimate of drug-likeness (QED) is 0.597. The molecule has 0 radical (unpaired) electrons. The Bertz CT molecular complexity index is 284. The number of rotatable bonds is 5. The van der Waals surface area contributed by atoms with Crippen LogP contribution in [0.15, 0.2) is 4.52 Å². The molecule has 6 heteroatoms. The highest BCUT2D eigenvalue weighted by Crippen LogP contribution is 2.01. The molecule has 0 unspecified atom stereocenters. The van der Waals surface area contributed by atoms with E-state index in [-0.39, 0.29) is 5.82 Å². The maximum atomic E-state index is 10.6. The molecule has 0 saturated carbocycles. The predicted molar refractivity (Wildman–Crippen MR) is 44.8 cm³/mol. The SMILES string of the molecule is NCCCCc1nc(C(N)=O)no1. The second-order valence-corrected chi connectivity index (χ2v) is 2.62. The molecule has 0 fully saturated rings. The van der Waals surface area contributed by atoms with Gasteiger partial charge in [-0.15, -0.1) is 0 Å². The van der Waals surface area contributed by atoms with Crippen molar-refractivity contribution in [3.63, 3.8) is 0 Å². The third-order valence-electron chi connectivity index (χ3n) is 1.53. The molecule has 0 atom stereocenters. The molecule has 13 heavy (non-hydrogen) atoms. The van der Waals surface area contributed by atoms with Gasteiger partial charge in [0.05, 0.1) is 0 Å². The molecule has 0 saturated heterocycles. The van der Waals surface area contributed by atoms with Crippen molar-refractivity contribution < 1.29 is 9.32 Å². The van der Waals surface area contributed by atoms with E-state index in [2.05, 4.69) is 10.1 Å². The first-order valence-electron chi connectivity index (χ1n) is 4.06. The number of nitrogens with zero attached hydrogens (tertiary/aromatic N) is 2. The zero-order valence-electron chi connectivity index (χ0n) is 7.19. The van der Waals surface area contributed by atoms with Crippen LogP contribution in [0.2, 0.25) is 0 Å². The zero-order chi connectivity index (χ0) is 9.68. The maximum Gasteiger partial charge on any atom is 0.290 e. The van der Waals surface area contributed by atoms with Crippen LogP contribution in [-0.4, -0.2) is 22.6 Å². The summed E-state index contributed by atoms with van der Waals surface area (Å²) in [6.07, 6.45) is 2.41. The fourth-order valence-corrected chi connectivity index (χ4v) is 0.877. The number of hydrogen-bond donors (Lipinski definition) is 2. The summed E-state index contributed by atoms with van der Waals surface area (Å²) in [7, 11) is 0. The van der Waals surface area contributed by atoms with Crippen LogP contribution in [0, 0.1) is 0 Å². The highest BCUT2D eigenvalue weighted by atomic mass is 16.5. The zero-order valence-corrected chi connectivity index (χ0v) is 7.19. The molecule has 0 aliphatic heterocycles. The monoisotopic (exact) mass is 184 g/mol. The standard InChI is InChI=1S/C7H12N4O2/c8-4-2-1-3-5-10-7(6(9)12)11-13-5/h1-4,8H2,(H2,9,12). The van der Waals surface area contributed by atoms with Gasteiger partial charge >= 0.3 is 0 Å². The lowest BCUT2D eigenvalue weighted by Gasteiger charge is -1.91. The second-order valence-electron chi connectivity index (χ2n) is 2.62. The van der Waals surface area contributed by atoms with Gasteiger partial charge in [0, 0.05) is 6.42 Å². The van der Waals surface area contributed by atoms with E-state index >= 15 is 0 Å². The molecule has 0 spiro atoms. The normalized spacial score (nSPS) is 10.2. The first-order chi connectivity index (χ1) is 6.24. The van der Waals surface area contributed by atoms with E-state index in [0.717, 1.165) is 12.8 Å². The van der Waals surface area contributed by atoms with Gasteiger partial charge in [-0.2, -0.15) is 4.98 Å². The van der Waals surface area contributed by atoms with Gasteiger partial charge in [0.2, 0.25) is 5.89 Å². The Balaban J connectivity index is 2.44. The van der Waals surface area contributed by atoms with Crippen molar-refractivity contribution >= 4 is 5.91 Å². The molecule has 1 aromatic rings. The molecule has 6 nitrogen and oxygen atoms in total. The van der Waals surface area contributed by atoms with Gasteiger partial charge in [-0.1, -0.05) is 5.16 Å². The Kier molecular flexibility index (Phi) is 3.39. The largest absolute Gasteiger partial charge is 0.363 e. The lowest BCUT2D eigenvalue weighted by atomic mass is 10.2. The first kappa shape index (κ1) is 9.66. The van der Waals surface area contributed by atoms with Gasteiger partial charge in [0.25, 0.3) is 11.7 Å². The van der Waals surface area contributed by atoms with E-state index in [1.807, 2.05) is 0 Å². The summed E-state index contributed by atoms with van der Waals surface area (Å²) in [5, 5.41) is 3.40. The van der Waals surface area contributed by atoms with E-state index in [1.54, 1.807) is 0 Å². The van der Waals surface area contributed by atoms with Crippen LogP contribution >= 0.6 is 0 Å². The number of unbranched alkanes of at least 4 members (excludes halogenated alkanes) is 1. The predicted octanol–water partition coefficient (Wildman–Crippen LogP) is -0.550. The van der Waals surface area contributed by atoms with Crippen LogP contribution in [0.3, 0.4) is 0 Å². The van der Waals surface area contributed by atoms with Crippen LogP contribution < -0.4 is 11.5 Å². The number of aromatic nitrogens is 2. The molecule has 0 aliphatic rings. The van der Waals surface area contributed by atoms with Crippen molar-refractivity contribution in [3.8, 4) is 0 Å². The van der Waals surface area contributed by atoms with Crippen molar-refractivity contribution in [2.45, 2.75) is 19.3 Å². The molecular formula is C7H12N4O2. The van der Waals surface area contributed by atoms with Crippen LogP contribution in [-0.2, 0) is 6.42 Å². The summed E-state index contributed by atoms with van der Waals surface area (Å²) in [5.74, 6) is -0.307. The van der Waals surface area contributed by atoms with Crippen LogP contribution in [0.4, 0.5) is 0 Å². The topological polar surface area (TPSA) is 108 Å². The number of primary amides is 1. The molecule has 1 heterocycles. The molecule has 0 aromatic carbocycles. The number of amides is 1. The van der Waals surface area contributed by atoms with Gasteiger partial charge < -0.3 is 16.0 Å². The molecule has 0 bridgehead atoms. The third-order valence-corrected chi connectivity index (χ3v) is 1.53. The summed E-state index contributed by atoms with van der Waals surface area (Å²) in [6.45, 7) is 0.636. The van der Waals surface area contributed by atoms with E-state index in [1.165, 1.54) is 0 Å². The Morgan fingerprint density at radius 1 is 1.46 bits per heavy atom. The Hall–Kier alpha value is -1.43. The molecule has 4 N–H and O–H groups in total. The smallest absolute Gasteiger partial charge is 0.290 e. The van der Waals surface area contributed by atoms with Crippen molar-refractivity contribution in [2.75, 3.05) is 6.54 Å². The Morgan fingerprint density at radius 2 is 2.23 bits per heavy atom. The fraction of sp³-hybridized carbons (Fsp3) is 0.571. The van der Waals surface area contributed by atoms with Crippen molar-refractivity contribution in [1.82, 2.24) is 10.1 Å². The van der Waals surface area contributed by atoms with E-state index < -0.39 is 5.91 Å². The Labute approximate surface area is 75.3 Å². The highest BCUT2D eigenvalue weighted by Gasteiger charge is 2.09. The molecule has 0 aliphatic carbocycles. The van der Waals surface area contributed by atoms with Crippen LogP contribution in [0.5, 0.6) is 0 Å². The summed E-state index contributed by atoms with van der Waals surface area (Å²) in [4.78, 5) is 14.3. The minimum Gasteiger partial charge on any atom is -0.363 e. The van der Waals surface area contributed by atoms with Crippen LogP contribution in [0.25, 0.3) is 0 Å². The number of hydrogen-bond acceptors (Lipinski definition) is 5. The third kappa shape index (κ3) is 2.83. The summed E-state index contributed by atoms with van der Waals surface area (Å²) >= 11 is 0. The Morgan fingerprint density at radius 3 is 2.77 bits per heavy atom. The van der Waals surface area contributed by atoms with Crippen molar-refractivity contribution in [2.24, 2.45) is 11.5 Å². The van der Waals surface area contributed by atoms with Crippen LogP contribution in [0.1, 0.15) is 29.4 Å². The maximum absolute atomic E-state index is 10.6. The molecular weight excluding hydrogens is 172 g/mol. The van der Waals surface area contributed by atoms with Crippen molar-refractivity contribution in [3.05, 3.63) is 11.7 Å². The molecule has 1 rings (SSSR count). The molecule has 1 aromatic heterocycles. The average molecular weight is 184 g/mol. The average Bonchev–Trinajstić information content (AvgIpc) is 2.53. The minimum absolute atomic E-state index is 0.0669. The lowest BCUT2D eigenvalue weighted by molar-refractivity contribution is 0.0987. The first-order valence-corrected chi connectivity index (χ1v) is 4.06. The minimum atomic E-state index is -0.672. The van der Waals surface area contributed by atoms with Gasteiger partial charge in [-0.05, 0) is 19.4 Å². The van der Waals surface area contributed by atoms with E-state index in [0.29, 0.717) is 18.9 Å².